The topological polar surface area (TPSA) is 95.5 Å². The highest BCUT2D eigenvalue weighted by molar-refractivity contribution is 9.10. The molecule has 0 heterocycles. The second-order valence-electron chi connectivity index (χ2n) is 6.57. The van der Waals surface area contributed by atoms with Crippen LogP contribution in [0, 0.1) is 0 Å². The Labute approximate surface area is 199 Å². The van der Waals surface area contributed by atoms with Gasteiger partial charge in [-0.25, -0.2) is 10.2 Å². The summed E-state index contributed by atoms with van der Waals surface area (Å²) in [5.41, 5.74) is 3.79. The van der Waals surface area contributed by atoms with Gasteiger partial charge in [0.2, 0.25) is 0 Å². The molecule has 0 unspecified atom stereocenters. The van der Waals surface area contributed by atoms with E-state index >= 15 is 0 Å². The summed E-state index contributed by atoms with van der Waals surface area (Å²) in [4.78, 5) is 24.8. The molecule has 3 aromatic carbocycles. The number of rotatable bonds is 8. The molecule has 0 aromatic heterocycles. The summed E-state index contributed by atoms with van der Waals surface area (Å²) >= 11 is 3.33. The van der Waals surface area contributed by atoms with Crippen molar-refractivity contribution in [1.29, 1.82) is 0 Å². The zero-order valence-electron chi connectivity index (χ0n) is 18.1. The monoisotopic (exact) mass is 512 g/mol. The van der Waals surface area contributed by atoms with E-state index in [4.69, 9.17) is 18.9 Å². The number of amides is 1. The van der Waals surface area contributed by atoms with Crippen molar-refractivity contribution in [2.24, 2.45) is 5.10 Å². The van der Waals surface area contributed by atoms with Crippen molar-refractivity contribution in [2.75, 3.05) is 21.3 Å². The van der Waals surface area contributed by atoms with Gasteiger partial charge in [0.25, 0.3) is 5.91 Å². The van der Waals surface area contributed by atoms with Crippen LogP contribution in [0.1, 0.15) is 26.3 Å². The molecule has 3 rings (SSSR count). The maximum atomic E-state index is 12.4. The van der Waals surface area contributed by atoms with Crippen LogP contribution >= 0.6 is 15.9 Å². The van der Waals surface area contributed by atoms with Crippen molar-refractivity contribution in [3.8, 4) is 23.0 Å². The van der Waals surface area contributed by atoms with E-state index in [9.17, 15) is 9.59 Å². The van der Waals surface area contributed by atoms with Gasteiger partial charge in [0.15, 0.2) is 11.5 Å². The Morgan fingerprint density at radius 3 is 2.21 bits per heavy atom. The average molecular weight is 513 g/mol. The minimum atomic E-state index is -0.535. The number of hydrogen-bond donors (Lipinski definition) is 1. The quantitative estimate of drug-likeness (QED) is 0.207. The first-order chi connectivity index (χ1) is 15.9. The van der Waals surface area contributed by atoms with Crippen LogP contribution in [0.15, 0.2) is 70.2 Å². The van der Waals surface area contributed by atoms with Gasteiger partial charge in [0.1, 0.15) is 11.5 Å². The Bertz CT molecular complexity index is 1180. The van der Waals surface area contributed by atoms with Gasteiger partial charge in [-0.05, 0) is 66.2 Å². The number of halogens is 1. The fraction of sp³-hybridized carbons (Fsp3) is 0.125. The van der Waals surface area contributed by atoms with Gasteiger partial charge in [-0.3, -0.25) is 4.79 Å². The van der Waals surface area contributed by atoms with Gasteiger partial charge in [-0.1, -0.05) is 15.9 Å². The van der Waals surface area contributed by atoms with E-state index in [0.29, 0.717) is 33.9 Å². The molecule has 0 radical (unpaired) electrons. The summed E-state index contributed by atoms with van der Waals surface area (Å²) in [6, 6.07) is 16.5. The number of methoxy groups -OCH3 is 3. The van der Waals surface area contributed by atoms with Gasteiger partial charge in [-0.2, -0.15) is 5.10 Å². The highest BCUT2D eigenvalue weighted by Gasteiger charge is 2.14. The number of nitrogens with one attached hydrogen (secondary N) is 1. The standard InChI is InChI=1S/C24H21BrN2O6/c1-30-18-8-5-16(6-9-18)24(29)33-21-10-4-15(12-22(21)32-3)14-26-27-23(28)19-13-17(25)7-11-20(19)31-2/h4-14H,1-3H3,(H,27,28). The molecular formula is C24H21BrN2O6. The lowest BCUT2D eigenvalue weighted by Crippen LogP contribution is -2.18. The van der Waals surface area contributed by atoms with Crippen LogP contribution in [0.3, 0.4) is 0 Å². The third-order valence-corrected chi connectivity index (χ3v) is 5.00. The number of hydrazone groups is 1. The lowest BCUT2D eigenvalue weighted by Gasteiger charge is -2.10. The second kappa shape index (κ2) is 11.1. The maximum absolute atomic E-state index is 12.4. The molecule has 3 aromatic rings. The van der Waals surface area contributed by atoms with E-state index < -0.39 is 11.9 Å². The van der Waals surface area contributed by atoms with Crippen LogP contribution in [-0.4, -0.2) is 39.4 Å². The molecule has 8 nitrogen and oxygen atoms in total. The minimum Gasteiger partial charge on any atom is -0.497 e. The molecule has 0 spiro atoms. The lowest BCUT2D eigenvalue weighted by atomic mass is 10.2. The van der Waals surface area contributed by atoms with Gasteiger partial charge in [-0.15, -0.1) is 0 Å². The first-order valence-electron chi connectivity index (χ1n) is 9.66. The third kappa shape index (κ3) is 6.11. The molecule has 0 aliphatic carbocycles. The van der Waals surface area contributed by atoms with E-state index in [1.807, 2.05) is 0 Å². The SMILES string of the molecule is COc1ccc(C(=O)Oc2ccc(C=NNC(=O)c3cc(Br)ccc3OC)cc2OC)cc1. The van der Waals surface area contributed by atoms with Crippen LogP contribution in [0.2, 0.25) is 0 Å². The summed E-state index contributed by atoms with van der Waals surface area (Å²) in [7, 11) is 4.49. The zero-order valence-corrected chi connectivity index (χ0v) is 19.7. The number of esters is 1. The van der Waals surface area contributed by atoms with Gasteiger partial charge >= 0.3 is 5.97 Å². The van der Waals surface area contributed by atoms with Crippen LogP contribution in [0.25, 0.3) is 0 Å². The molecule has 0 atom stereocenters. The second-order valence-corrected chi connectivity index (χ2v) is 7.49. The van der Waals surface area contributed by atoms with Crippen molar-refractivity contribution in [1.82, 2.24) is 5.43 Å². The van der Waals surface area contributed by atoms with E-state index in [0.717, 1.165) is 4.47 Å². The predicted molar refractivity (Wildman–Crippen MR) is 127 cm³/mol. The van der Waals surface area contributed by atoms with E-state index in [1.54, 1.807) is 67.8 Å². The molecule has 9 heteroatoms. The van der Waals surface area contributed by atoms with Crippen molar-refractivity contribution < 1.29 is 28.5 Å². The maximum Gasteiger partial charge on any atom is 0.343 e. The number of nitrogens with zero attached hydrogens (tertiary/aromatic N) is 1. The van der Waals surface area contributed by atoms with Crippen LogP contribution in [0.5, 0.6) is 23.0 Å². The van der Waals surface area contributed by atoms with Crippen LogP contribution in [0.4, 0.5) is 0 Å². The summed E-state index contributed by atoms with van der Waals surface area (Å²) in [5, 5.41) is 3.98. The fourth-order valence-corrected chi connectivity index (χ4v) is 3.18. The number of carbonyl (C=O) groups excluding carboxylic acids is 2. The number of hydrogen-bond acceptors (Lipinski definition) is 7. The Hall–Kier alpha value is -3.85. The molecule has 0 saturated heterocycles. The predicted octanol–water partition coefficient (Wildman–Crippen LogP) is 4.46. The van der Waals surface area contributed by atoms with Gasteiger partial charge < -0.3 is 18.9 Å². The molecule has 33 heavy (non-hydrogen) atoms. The molecule has 0 bridgehead atoms. The fourth-order valence-electron chi connectivity index (χ4n) is 2.82. The Kier molecular flexibility index (Phi) is 8.04. The highest BCUT2D eigenvalue weighted by atomic mass is 79.9. The normalized spacial score (nSPS) is 10.5. The van der Waals surface area contributed by atoms with Crippen molar-refractivity contribution in [3.05, 3.63) is 81.8 Å². The molecule has 0 aliphatic heterocycles. The van der Waals surface area contributed by atoms with E-state index in [-0.39, 0.29) is 5.75 Å². The van der Waals surface area contributed by atoms with Gasteiger partial charge in [0.05, 0.1) is 38.7 Å². The third-order valence-electron chi connectivity index (χ3n) is 4.50. The van der Waals surface area contributed by atoms with Crippen molar-refractivity contribution >= 4 is 34.0 Å². The number of carbonyl (C=O) groups is 2. The van der Waals surface area contributed by atoms with Crippen LogP contribution < -0.4 is 24.4 Å². The Morgan fingerprint density at radius 1 is 0.848 bits per heavy atom. The molecule has 170 valence electrons. The van der Waals surface area contributed by atoms with E-state index in [1.165, 1.54) is 20.4 Å². The summed E-state index contributed by atoms with van der Waals surface area (Å²) in [6.45, 7) is 0. The summed E-state index contributed by atoms with van der Waals surface area (Å²) in [6.07, 6.45) is 1.44. The zero-order chi connectivity index (χ0) is 23.8. The molecule has 0 aliphatic rings. The van der Waals surface area contributed by atoms with Crippen LogP contribution in [-0.2, 0) is 0 Å². The lowest BCUT2D eigenvalue weighted by molar-refractivity contribution is 0.0729. The number of ether oxygens (including phenoxy) is 4. The first-order valence-corrected chi connectivity index (χ1v) is 10.5. The molecular weight excluding hydrogens is 492 g/mol. The minimum absolute atomic E-state index is 0.248. The molecule has 1 amide bonds. The summed E-state index contributed by atoms with van der Waals surface area (Å²) in [5.74, 6) is 0.682. The Morgan fingerprint density at radius 2 is 1.55 bits per heavy atom. The smallest absolute Gasteiger partial charge is 0.343 e. The molecule has 0 fully saturated rings. The van der Waals surface area contributed by atoms with Gasteiger partial charge in [0, 0.05) is 4.47 Å². The Balaban J connectivity index is 1.69. The first kappa shape index (κ1) is 23.8. The molecule has 0 saturated carbocycles. The largest absolute Gasteiger partial charge is 0.497 e. The summed E-state index contributed by atoms with van der Waals surface area (Å²) < 4.78 is 21.8. The van der Waals surface area contributed by atoms with Crippen molar-refractivity contribution in [3.63, 3.8) is 0 Å². The number of benzene rings is 3. The van der Waals surface area contributed by atoms with Crippen molar-refractivity contribution in [2.45, 2.75) is 0 Å². The highest BCUT2D eigenvalue weighted by Crippen LogP contribution is 2.28. The van der Waals surface area contributed by atoms with E-state index in [2.05, 4.69) is 26.5 Å². The molecule has 1 N–H and O–H groups in total. The average Bonchev–Trinajstić information content (AvgIpc) is 2.84.